The number of unbranched alkanes of at least 4 members (excludes halogenated alkanes) is 1. The van der Waals surface area contributed by atoms with Crippen molar-refractivity contribution in [3.63, 3.8) is 0 Å². The highest BCUT2D eigenvalue weighted by Crippen LogP contribution is 2.33. The van der Waals surface area contributed by atoms with E-state index in [1.54, 1.807) is 5.51 Å². The minimum absolute atomic E-state index is 0.587. The zero-order valence-electron chi connectivity index (χ0n) is 8.56. The van der Waals surface area contributed by atoms with E-state index >= 15 is 0 Å². The summed E-state index contributed by atoms with van der Waals surface area (Å²) in [5, 5.41) is 3.14. The van der Waals surface area contributed by atoms with Gasteiger partial charge in [-0.05, 0) is 29.6 Å². The highest BCUT2D eigenvalue weighted by molar-refractivity contribution is 7.17. The van der Waals surface area contributed by atoms with E-state index in [1.165, 1.54) is 11.3 Å². The molecule has 1 aromatic carbocycles. The Balaban J connectivity index is 2.49. The van der Waals surface area contributed by atoms with Crippen molar-refractivity contribution in [2.75, 3.05) is 0 Å². The Morgan fingerprint density at radius 1 is 1.47 bits per heavy atom. The second-order valence-corrected chi connectivity index (χ2v) is 4.32. The van der Waals surface area contributed by atoms with Crippen LogP contribution in [-0.4, -0.2) is 4.98 Å². The number of hydrogen-bond donors (Lipinski definition) is 0. The molecule has 3 nitrogen and oxygen atoms in total. The summed E-state index contributed by atoms with van der Waals surface area (Å²) in [4.78, 5) is 15.0. The zero-order valence-corrected chi connectivity index (χ0v) is 9.38. The number of fused-ring (bicyclic) bond motifs is 1. The van der Waals surface area contributed by atoms with Crippen molar-refractivity contribution in [3.05, 3.63) is 28.1 Å². The summed E-state index contributed by atoms with van der Waals surface area (Å²) in [6.07, 6.45) is 3.14. The smallest absolute Gasteiger partial charge is 0.130 e. The maximum absolute atomic E-state index is 10.8. The van der Waals surface area contributed by atoms with Gasteiger partial charge >= 0.3 is 0 Å². The molecule has 1 aromatic heterocycles. The summed E-state index contributed by atoms with van der Waals surface area (Å²) in [5.41, 5.74) is 4.25. The lowest BCUT2D eigenvalue weighted by Crippen LogP contribution is -1.85. The molecule has 15 heavy (non-hydrogen) atoms. The van der Waals surface area contributed by atoms with E-state index in [0.29, 0.717) is 5.69 Å². The van der Waals surface area contributed by atoms with Crippen LogP contribution >= 0.6 is 11.3 Å². The number of benzene rings is 1. The molecular weight excluding hydrogens is 208 g/mol. The van der Waals surface area contributed by atoms with Gasteiger partial charge in [0.2, 0.25) is 0 Å². The molecule has 0 aliphatic heterocycles. The minimum atomic E-state index is 0.587. The summed E-state index contributed by atoms with van der Waals surface area (Å²) >= 11 is 1.48. The zero-order chi connectivity index (χ0) is 10.7. The topological polar surface area (TPSA) is 42.3 Å². The molecule has 78 valence electrons. The predicted molar refractivity (Wildman–Crippen MR) is 63.7 cm³/mol. The van der Waals surface area contributed by atoms with Gasteiger partial charge in [0.15, 0.2) is 0 Å². The Labute approximate surface area is 92.1 Å². The highest BCUT2D eigenvalue weighted by Gasteiger charge is 2.09. The first kappa shape index (κ1) is 10.2. The normalized spacial score (nSPS) is 10.7. The molecule has 0 fully saturated rings. The predicted octanol–water partition coefficient (Wildman–Crippen LogP) is 4.04. The first-order valence-electron chi connectivity index (χ1n) is 5.05. The van der Waals surface area contributed by atoms with Gasteiger partial charge in [0.05, 0.1) is 15.7 Å². The van der Waals surface area contributed by atoms with E-state index in [2.05, 4.69) is 17.1 Å². The van der Waals surface area contributed by atoms with Crippen LogP contribution < -0.4 is 0 Å². The average molecular weight is 220 g/mol. The summed E-state index contributed by atoms with van der Waals surface area (Å²) in [6.45, 7) is 2.14. The standard InChI is InChI=1S/C11H12N2OS/c1-2-3-4-8-5-6-9-11(10(8)13-14)15-7-12-9/h5-7H,2-4H2,1H3. The van der Waals surface area contributed by atoms with Gasteiger partial charge in [-0.1, -0.05) is 19.4 Å². The van der Waals surface area contributed by atoms with Gasteiger partial charge in [-0.3, -0.25) is 0 Å². The van der Waals surface area contributed by atoms with Crippen LogP contribution in [0.15, 0.2) is 22.8 Å². The van der Waals surface area contributed by atoms with Gasteiger partial charge in [-0.15, -0.1) is 16.2 Å². The molecule has 1 heterocycles. The fourth-order valence-electron chi connectivity index (χ4n) is 1.62. The van der Waals surface area contributed by atoms with Crippen LogP contribution in [0.2, 0.25) is 0 Å². The fraction of sp³-hybridized carbons (Fsp3) is 0.364. The van der Waals surface area contributed by atoms with Gasteiger partial charge in [-0.2, -0.15) is 0 Å². The van der Waals surface area contributed by atoms with Crippen LogP contribution in [0.1, 0.15) is 25.3 Å². The second-order valence-electron chi connectivity index (χ2n) is 3.47. The summed E-state index contributed by atoms with van der Waals surface area (Å²) in [5.74, 6) is 0. The van der Waals surface area contributed by atoms with Crippen LogP contribution in [0.4, 0.5) is 5.69 Å². The van der Waals surface area contributed by atoms with Gasteiger partial charge in [0.1, 0.15) is 5.69 Å². The molecule has 0 unspecified atom stereocenters. The molecule has 0 aliphatic rings. The second kappa shape index (κ2) is 4.49. The lowest BCUT2D eigenvalue weighted by molar-refractivity contribution is 0.796. The summed E-state index contributed by atoms with van der Waals surface area (Å²) in [6, 6.07) is 3.93. The number of thiazole rings is 1. The van der Waals surface area contributed by atoms with Crippen molar-refractivity contribution in [3.8, 4) is 0 Å². The minimum Gasteiger partial charge on any atom is -0.245 e. The van der Waals surface area contributed by atoms with Crippen LogP contribution in [-0.2, 0) is 6.42 Å². The molecule has 0 N–H and O–H groups in total. The number of hydrogen-bond acceptors (Lipinski definition) is 4. The molecule has 0 saturated heterocycles. The molecule has 0 spiro atoms. The van der Waals surface area contributed by atoms with Crippen LogP contribution in [0.3, 0.4) is 0 Å². The molecule has 0 saturated carbocycles. The maximum atomic E-state index is 10.8. The third-order valence-electron chi connectivity index (χ3n) is 2.45. The molecular formula is C11H12N2OS. The number of nitrogens with zero attached hydrogens (tertiary/aromatic N) is 2. The van der Waals surface area contributed by atoms with Gasteiger partial charge in [0.25, 0.3) is 0 Å². The summed E-state index contributed by atoms with van der Waals surface area (Å²) < 4.78 is 0.915. The number of aryl methyl sites for hydroxylation is 1. The van der Waals surface area contributed by atoms with Crippen molar-refractivity contribution >= 4 is 27.2 Å². The lowest BCUT2D eigenvalue weighted by Gasteiger charge is -2.02. The van der Waals surface area contributed by atoms with Crippen molar-refractivity contribution in [2.45, 2.75) is 26.2 Å². The fourth-order valence-corrected chi connectivity index (χ4v) is 2.42. The van der Waals surface area contributed by atoms with E-state index in [9.17, 15) is 4.91 Å². The van der Waals surface area contributed by atoms with Crippen molar-refractivity contribution in [1.29, 1.82) is 0 Å². The average Bonchev–Trinajstić information content (AvgIpc) is 2.73. The van der Waals surface area contributed by atoms with Gasteiger partial charge in [-0.25, -0.2) is 4.98 Å². The van der Waals surface area contributed by atoms with E-state index < -0.39 is 0 Å². The molecule has 0 aliphatic carbocycles. The third-order valence-corrected chi connectivity index (χ3v) is 3.30. The van der Waals surface area contributed by atoms with Gasteiger partial charge < -0.3 is 0 Å². The van der Waals surface area contributed by atoms with Crippen LogP contribution in [0.5, 0.6) is 0 Å². The van der Waals surface area contributed by atoms with E-state index in [0.717, 1.165) is 35.0 Å². The Morgan fingerprint density at radius 2 is 2.33 bits per heavy atom. The third kappa shape index (κ3) is 1.90. The molecule has 0 atom stereocenters. The van der Waals surface area contributed by atoms with Crippen LogP contribution in [0, 0.1) is 4.91 Å². The Kier molecular flexibility index (Phi) is 3.06. The number of nitroso groups, excluding NO2 is 1. The number of aromatic nitrogens is 1. The first-order chi connectivity index (χ1) is 7.36. The maximum Gasteiger partial charge on any atom is 0.130 e. The molecule has 2 rings (SSSR count). The summed E-state index contributed by atoms with van der Waals surface area (Å²) in [7, 11) is 0. The largest absolute Gasteiger partial charge is 0.245 e. The molecule has 0 radical (unpaired) electrons. The molecule has 0 amide bonds. The van der Waals surface area contributed by atoms with Gasteiger partial charge in [0, 0.05) is 0 Å². The Bertz CT molecular complexity index is 478. The lowest BCUT2D eigenvalue weighted by atomic mass is 10.1. The quantitative estimate of drug-likeness (QED) is 0.730. The molecule has 2 aromatic rings. The molecule has 4 heteroatoms. The Hall–Kier alpha value is -1.29. The Morgan fingerprint density at radius 3 is 3.07 bits per heavy atom. The monoisotopic (exact) mass is 220 g/mol. The highest BCUT2D eigenvalue weighted by atomic mass is 32.1. The van der Waals surface area contributed by atoms with Crippen molar-refractivity contribution < 1.29 is 0 Å². The van der Waals surface area contributed by atoms with Crippen molar-refractivity contribution in [1.82, 2.24) is 4.98 Å². The van der Waals surface area contributed by atoms with E-state index in [1.807, 2.05) is 12.1 Å². The SMILES string of the molecule is CCCCc1ccc2ncsc2c1N=O. The first-order valence-corrected chi connectivity index (χ1v) is 5.93. The van der Waals surface area contributed by atoms with E-state index in [-0.39, 0.29) is 0 Å². The number of rotatable bonds is 4. The van der Waals surface area contributed by atoms with Crippen LogP contribution in [0.25, 0.3) is 10.2 Å². The van der Waals surface area contributed by atoms with E-state index in [4.69, 9.17) is 0 Å². The molecule has 0 bridgehead atoms. The van der Waals surface area contributed by atoms with Crippen molar-refractivity contribution in [2.24, 2.45) is 5.18 Å².